The second-order valence-corrected chi connectivity index (χ2v) is 9.26. The lowest BCUT2D eigenvalue weighted by molar-refractivity contribution is 0.0185. The molecule has 0 aromatic carbocycles. The Labute approximate surface area is 173 Å². The molecule has 1 fully saturated rings. The smallest absolute Gasteiger partial charge is 0.410 e. The molecular formula is C20H35N5O2S. The van der Waals surface area contributed by atoms with Gasteiger partial charge in [0.25, 0.3) is 0 Å². The van der Waals surface area contributed by atoms with Crippen LogP contribution in [0.25, 0.3) is 0 Å². The fourth-order valence-electron chi connectivity index (χ4n) is 2.96. The molecule has 2 heterocycles. The molecule has 158 valence electrons. The molecular weight excluding hydrogens is 374 g/mol. The molecule has 1 aromatic heterocycles. The van der Waals surface area contributed by atoms with E-state index in [9.17, 15) is 4.79 Å². The van der Waals surface area contributed by atoms with E-state index in [-0.39, 0.29) is 6.09 Å². The van der Waals surface area contributed by atoms with Crippen LogP contribution in [0.2, 0.25) is 0 Å². The van der Waals surface area contributed by atoms with Gasteiger partial charge in [-0.1, -0.05) is 6.92 Å². The lowest BCUT2D eigenvalue weighted by Gasteiger charge is -2.33. The highest BCUT2D eigenvalue weighted by Crippen LogP contribution is 2.19. The number of likely N-dealkylation sites (tertiary alicyclic amines) is 1. The monoisotopic (exact) mass is 409 g/mol. The number of carbonyl (C=O) groups excluding carboxylic acids is 1. The number of carbonyl (C=O) groups is 1. The second kappa shape index (κ2) is 10.6. The van der Waals surface area contributed by atoms with E-state index in [2.05, 4.69) is 34.5 Å². The minimum atomic E-state index is -0.442. The standard InChI is InChI=1S/C20H35N5O2S/c1-6-16-13-22-17(28-16)14-24-18(21-7-2)23-12-15-8-10-25(11-9-15)19(26)27-20(3,4)5/h13,15H,6-12,14H2,1-5H3,(H2,21,23,24). The van der Waals surface area contributed by atoms with Crippen molar-refractivity contribution in [1.82, 2.24) is 20.5 Å². The summed E-state index contributed by atoms with van der Waals surface area (Å²) >= 11 is 1.72. The molecule has 0 bridgehead atoms. The molecule has 0 atom stereocenters. The van der Waals surface area contributed by atoms with Crippen LogP contribution < -0.4 is 10.6 Å². The molecule has 7 nitrogen and oxygen atoms in total. The Balaban J connectivity index is 1.77. The number of hydrogen-bond donors (Lipinski definition) is 2. The zero-order valence-electron chi connectivity index (χ0n) is 17.9. The summed E-state index contributed by atoms with van der Waals surface area (Å²) in [6.07, 6.45) is 4.69. The highest BCUT2D eigenvalue weighted by molar-refractivity contribution is 7.11. The van der Waals surface area contributed by atoms with Crippen LogP contribution in [0.1, 0.15) is 57.3 Å². The number of amides is 1. The Morgan fingerprint density at radius 2 is 2.04 bits per heavy atom. The molecule has 0 radical (unpaired) electrons. The summed E-state index contributed by atoms with van der Waals surface area (Å²) in [6.45, 7) is 13.7. The molecule has 2 N–H and O–H groups in total. The maximum Gasteiger partial charge on any atom is 0.410 e. The molecule has 1 aromatic rings. The Morgan fingerprint density at radius 3 is 2.61 bits per heavy atom. The van der Waals surface area contributed by atoms with Gasteiger partial charge >= 0.3 is 6.09 Å². The molecule has 8 heteroatoms. The van der Waals surface area contributed by atoms with Gasteiger partial charge in [-0.3, -0.25) is 0 Å². The van der Waals surface area contributed by atoms with Gasteiger partial charge < -0.3 is 20.3 Å². The van der Waals surface area contributed by atoms with E-state index in [4.69, 9.17) is 4.74 Å². The zero-order valence-corrected chi connectivity index (χ0v) is 18.7. The van der Waals surface area contributed by atoms with Crippen LogP contribution in [0.5, 0.6) is 0 Å². The number of piperidine rings is 1. The van der Waals surface area contributed by atoms with Crippen molar-refractivity contribution in [2.24, 2.45) is 10.9 Å². The van der Waals surface area contributed by atoms with E-state index in [1.807, 2.05) is 31.9 Å². The molecule has 2 rings (SSSR count). The number of nitrogens with zero attached hydrogens (tertiary/aromatic N) is 3. The number of guanidine groups is 1. The van der Waals surface area contributed by atoms with Gasteiger partial charge in [-0.05, 0) is 52.9 Å². The maximum atomic E-state index is 12.2. The van der Waals surface area contributed by atoms with E-state index >= 15 is 0 Å². The van der Waals surface area contributed by atoms with E-state index < -0.39 is 5.60 Å². The molecule has 1 amide bonds. The number of aliphatic imine (C=N–C) groups is 1. The lowest BCUT2D eigenvalue weighted by Crippen LogP contribution is -2.45. The number of aryl methyl sites for hydroxylation is 1. The first kappa shape index (κ1) is 22.5. The second-order valence-electron chi connectivity index (χ2n) is 8.06. The van der Waals surface area contributed by atoms with Gasteiger partial charge in [0.1, 0.15) is 10.6 Å². The minimum absolute atomic E-state index is 0.205. The van der Waals surface area contributed by atoms with Crippen LogP contribution in [-0.2, 0) is 17.7 Å². The number of aromatic nitrogens is 1. The summed E-state index contributed by atoms with van der Waals surface area (Å²) in [5, 5.41) is 7.78. The van der Waals surface area contributed by atoms with E-state index in [1.165, 1.54) is 4.88 Å². The highest BCUT2D eigenvalue weighted by Gasteiger charge is 2.26. The first-order chi connectivity index (χ1) is 13.3. The Morgan fingerprint density at radius 1 is 1.32 bits per heavy atom. The van der Waals surface area contributed by atoms with Crippen LogP contribution in [0.4, 0.5) is 4.79 Å². The van der Waals surface area contributed by atoms with Gasteiger partial charge in [-0.2, -0.15) is 0 Å². The van der Waals surface area contributed by atoms with Gasteiger partial charge in [0, 0.05) is 37.3 Å². The molecule has 0 unspecified atom stereocenters. The molecule has 0 aliphatic carbocycles. The lowest BCUT2D eigenvalue weighted by atomic mass is 9.97. The van der Waals surface area contributed by atoms with Gasteiger partial charge in [-0.15, -0.1) is 11.3 Å². The number of rotatable bonds is 6. The largest absolute Gasteiger partial charge is 0.444 e. The maximum absolute atomic E-state index is 12.2. The first-order valence-corrected chi connectivity index (χ1v) is 11.1. The van der Waals surface area contributed by atoms with Gasteiger partial charge in [0.15, 0.2) is 5.96 Å². The highest BCUT2D eigenvalue weighted by atomic mass is 32.1. The van der Waals surface area contributed by atoms with Crippen molar-refractivity contribution in [1.29, 1.82) is 0 Å². The van der Waals surface area contributed by atoms with Gasteiger partial charge in [-0.25, -0.2) is 14.8 Å². The summed E-state index contributed by atoms with van der Waals surface area (Å²) in [4.78, 5) is 24.4. The normalized spacial score (nSPS) is 16.2. The fraction of sp³-hybridized carbons (Fsp3) is 0.750. The molecule has 0 saturated carbocycles. The first-order valence-electron chi connectivity index (χ1n) is 10.2. The van der Waals surface area contributed by atoms with Crippen molar-refractivity contribution >= 4 is 23.4 Å². The zero-order chi connectivity index (χ0) is 20.6. The van der Waals surface area contributed by atoms with Crippen molar-refractivity contribution in [2.75, 3.05) is 26.2 Å². The quantitative estimate of drug-likeness (QED) is 0.556. The van der Waals surface area contributed by atoms with Crippen molar-refractivity contribution < 1.29 is 9.53 Å². The summed E-state index contributed by atoms with van der Waals surface area (Å²) in [6, 6.07) is 0. The summed E-state index contributed by atoms with van der Waals surface area (Å²) in [5.74, 6) is 1.35. The van der Waals surface area contributed by atoms with Crippen LogP contribution in [-0.4, -0.2) is 53.7 Å². The average Bonchev–Trinajstić information content (AvgIpc) is 3.11. The Bertz CT molecular complexity index is 645. The molecule has 1 aliphatic rings. The van der Waals surface area contributed by atoms with Crippen LogP contribution >= 0.6 is 11.3 Å². The molecule has 1 saturated heterocycles. The van der Waals surface area contributed by atoms with Crippen molar-refractivity contribution in [3.8, 4) is 0 Å². The third kappa shape index (κ3) is 7.66. The third-order valence-electron chi connectivity index (χ3n) is 4.49. The van der Waals surface area contributed by atoms with Crippen LogP contribution in [0.15, 0.2) is 11.2 Å². The average molecular weight is 410 g/mol. The topological polar surface area (TPSA) is 78.9 Å². The number of ether oxygens (including phenoxy) is 1. The van der Waals surface area contributed by atoms with E-state index in [0.717, 1.165) is 56.4 Å². The molecule has 0 spiro atoms. The summed E-state index contributed by atoms with van der Waals surface area (Å²) in [7, 11) is 0. The molecule has 1 aliphatic heterocycles. The van der Waals surface area contributed by atoms with E-state index in [0.29, 0.717) is 12.5 Å². The Kier molecular flexibility index (Phi) is 8.54. The predicted octanol–water partition coefficient (Wildman–Crippen LogP) is 3.41. The number of hydrogen-bond acceptors (Lipinski definition) is 5. The van der Waals surface area contributed by atoms with E-state index in [1.54, 1.807) is 11.3 Å². The van der Waals surface area contributed by atoms with Gasteiger partial charge in [0.2, 0.25) is 0 Å². The number of thiazole rings is 1. The van der Waals surface area contributed by atoms with Crippen molar-refractivity contribution in [2.45, 2.75) is 66.0 Å². The summed E-state index contributed by atoms with van der Waals surface area (Å²) in [5.41, 5.74) is -0.442. The van der Waals surface area contributed by atoms with Crippen molar-refractivity contribution in [3.63, 3.8) is 0 Å². The fourth-order valence-corrected chi connectivity index (χ4v) is 3.75. The number of nitrogens with one attached hydrogen (secondary N) is 2. The van der Waals surface area contributed by atoms with Crippen LogP contribution in [0, 0.1) is 5.92 Å². The van der Waals surface area contributed by atoms with Gasteiger partial charge in [0.05, 0.1) is 6.54 Å². The van der Waals surface area contributed by atoms with Crippen LogP contribution in [0.3, 0.4) is 0 Å². The minimum Gasteiger partial charge on any atom is -0.444 e. The Hall–Kier alpha value is -1.83. The predicted molar refractivity (Wildman–Crippen MR) is 115 cm³/mol. The third-order valence-corrected chi connectivity index (χ3v) is 5.62. The molecule has 28 heavy (non-hydrogen) atoms. The van der Waals surface area contributed by atoms with Crippen molar-refractivity contribution in [3.05, 3.63) is 16.1 Å². The SMILES string of the molecule is CCNC(=NCc1ncc(CC)s1)NCC1CCN(C(=O)OC(C)(C)C)CC1. The summed E-state index contributed by atoms with van der Waals surface area (Å²) < 4.78 is 5.46.